The molecule has 0 saturated heterocycles. The van der Waals surface area contributed by atoms with Crippen molar-refractivity contribution in [1.29, 1.82) is 0 Å². The Balaban J connectivity index is 1.79. The number of rotatable bonds is 6. The van der Waals surface area contributed by atoms with Crippen molar-refractivity contribution in [2.45, 2.75) is 18.7 Å². The third-order valence-electron chi connectivity index (χ3n) is 4.37. The number of hydrogen-bond acceptors (Lipinski definition) is 4. The maximum atomic E-state index is 13.8. The van der Waals surface area contributed by atoms with E-state index in [-0.39, 0.29) is 27.5 Å². The number of sulfonamides is 1. The minimum Gasteiger partial charge on any atom is -0.324 e. The Labute approximate surface area is 183 Å². The second-order valence-corrected chi connectivity index (χ2v) is 8.61. The van der Waals surface area contributed by atoms with Crippen LogP contribution in [0.25, 0.3) is 0 Å². The first-order chi connectivity index (χ1) is 15.0. The lowest BCUT2D eigenvalue weighted by atomic mass is 10.2. The first-order valence-electron chi connectivity index (χ1n) is 9.33. The lowest BCUT2D eigenvalue weighted by Crippen LogP contribution is -2.16. The van der Waals surface area contributed by atoms with Crippen molar-refractivity contribution in [3.63, 3.8) is 0 Å². The maximum absolute atomic E-state index is 13.8. The number of amides is 2. The SMILES string of the molecule is CC(=O)Nc1cc(NC(=O)c2cccc(NS(=O)(=O)c3ccc(C)c(F)c3)c2)ccc1F. The highest BCUT2D eigenvalue weighted by Gasteiger charge is 2.17. The number of anilines is 3. The predicted octanol–water partition coefficient (Wildman–Crippen LogP) is 4.28. The molecule has 32 heavy (non-hydrogen) atoms. The van der Waals surface area contributed by atoms with Gasteiger partial charge in [0, 0.05) is 23.9 Å². The van der Waals surface area contributed by atoms with Crippen LogP contribution in [-0.2, 0) is 14.8 Å². The van der Waals surface area contributed by atoms with Gasteiger partial charge in [0.2, 0.25) is 5.91 Å². The van der Waals surface area contributed by atoms with Gasteiger partial charge in [-0.1, -0.05) is 12.1 Å². The molecule has 3 rings (SSSR count). The Morgan fingerprint density at radius 1 is 0.844 bits per heavy atom. The van der Waals surface area contributed by atoms with Gasteiger partial charge in [0.05, 0.1) is 10.6 Å². The highest BCUT2D eigenvalue weighted by molar-refractivity contribution is 7.92. The van der Waals surface area contributed by atoms with Crippen LogP contribution < -0.4 is 15.4 Å². The Morgan fingerprint density at radius 3 is 2.28 bits per heavy atom. The first kappa shape index (κ1) is 22.9. The summed E-state index contributed by atoms with van der Waals surface area (Å²) in [7, 11) is -4.08. The zero-order valence-electron chi connectivity index (χ0n) is 17.1. The molecule has 0 aliphatic rings. The zero-order chi connectivity index (χ0) is 23.5. The van der Waals surface area contributed by atoms with Gasteiger partial charge in [-0.15, -0.1) is 0 Å². The van der Waals surface area contributed by atoms with E-state index in [1.807, 2.05) is 0 Å². The van der Waals surface area contributed by atoms with Crippen LogP contribution in [-0.4, -0.2) is 20.2 Å². The molecule has 0 aliphatic carbocycles. The van der Waals surface area contributed by atoms with E-state index in [1.54, 1.807) is 0 Å². The number of aryl methyl sites for hydroxylation is 1. The molecule has 3 aromatic rings. The van der Waals surface area contributed by atoms with Crippen LogP contribution in [0, 0.1) is 18.6 Å². The van der Waals surface area contributed by atoms with Crippen molar-refractivity contribution in [3.8, 4) is 0 Å². The number of halogens is 2. The maximum Gasteiger partial charge on any atom is 0.261 e. The molecular weight excluding hydrogens is 440 g/mol. The fourth-order valence-electron chi connectivity index (χ4n) is 2.77. The zero-order valence-corrected chi connectivity index (χ0v) is 17.9. The molecule has 0 fully saturated rings. The molecule has 0 bridgehead atoms. The van der Waals surface area contributed by atoms with Crippen LogP contribution in [0.5, 0.6) is 0 Å². The number of benzene rings is 3. The van der Waals surface area contributed by atoms with Gasteiger partial charge in [-0.05, 0) is 61.0 Å². The molecule has 0 heterocycles. The average molecular weight is 459 g/mol. The van der Waals surface area contributed by atoms with Crippen LogP contribution in [0.3, 0.4) is 0 Å². The quantitative estimate of drug-likeness (QED) is 0.512. The molecule has 0 radical (unpaired) electrons. The van der Waals surface area contributed by atoms with Gasteiger partial charge in [-0.3, -0.25) is 14.3 Å². The number of nitrogens with one attached hydrogen (secondary N) is 3. The lowest BCUT2D eigenvalue weighted by molar-refractivity contribution is -0.114. The fourth-order valence-corrected chi connectivity index (χ4v) is 3.83. The van der Waals surface area contributed by atoms with Gasteiger partial charge < -0.3 is 10.6 Å². The molecule has 2 amide bonds. The molecule has 0 spiro atoms. The topological polar surface area (TPSA) is 104 Å². The molecular formula is C22H19F2N3O4S. The number of carbonyl (C=O) groups excluding carboxylic acids is 2. The molecule has 0 unspecified atom stereocenters. The van der Waals surface area contributed by atoms with Gasteiger partial charge in [0.15, 0.2) is 0 Å². The molecule has 7 nitrogen and oxygen atoms in total. The highest BCUT2D eigenvalue weighted by Crippen LogP contribution is 2.22. The van der Waals surface area contributed by atoms with Crippen LogP contribution in [0.1, 0.15) is 22.8 Å². The molecule has 166 valence electrons. The third kappa shape index (κ3) is 5.46. The Kier molecular flexibility index (Phi) is 6.54. The van der Waals surface area contributed by atoms with Crippen LogP contribution >= 0.6 is 0 Å². The van der Waals surface area contributed by atoms with E-state index in [2.05, 4.69) is 15.4 Å². The summed E-state index contributed by atoms with van der Waals surface area (Å²) in [6.45, 7) is 2.74. The van der Waals surface area contributed by atoms with E-state index in [4.69, 9.17) is 0 Å². The summed E-state index contributed by atoms with van der Waals surface area (Å²) in [5.74, 6) is -2.38. The van der Waals surface area contributed by atoms with Gasteiger partial charge in [-0.2, -0.15) is 0 Å². The van der Waals surface area contributed by atoms with Crippen molar-refractivity contribution in [2.75, 3.05) is 15.4 Å². The second-order valence-electron chi connectivity index (χ2n) is 6.93. The molecule has 3 N–H and O–H groups in total. The van der Waals surface area contributed by atoms with Crippen molar-refractivity contribution < 1.29 is 26.8 Å². The largest absolute Gasteiger partial charge is 0.324 e. The smallest absolute Gasteiger partial charge is 0.261 e. The molecule has 3 aromatic carbocycles. The minimum atomic E-state index is -4.08. The van der Waals surface area contributed by atoms with Gasteiger partial charge >= 0.3 is 0 Å². The first-order valence-corrected chi connectivity index (χ1v) is 10.8. The van der Waals surface area contributed by atoms with Crippen molar-refractivity contribution >= 4 is 38.9 Å². The van der Waals surface area contributed by atoms with Gasteiger partial charge in [0.1, 0.15) is 11.6 Å². The van der Waals surface area contributed by atoms with Gasteiger partial charge in [-0.25, -0.2) is 17.2 Å². The summed E-state index contributed by atoms with van der Waals surface area (Å²) >= 11 is 0. The normalized spacial score (nSPS) is 11.0. The van der Waals surface area contributed by atoms with Crippen LogP contribution in [0.4, 0.5) is 25.8 Å². The monoisotopic (exact) mass is 459 g/mol. The molecule has 10 heteroatoms. The Hall–Kier alpha value is -3.79. The average Bonchev–Trinajstić information content (AvgIpc) is 2.72. The van der Waals surface area contributed by atoms with E-state index in [0.717, 1.165) is 12.1 Å². The standard InChI is InChI=1S/C22H19F2N3O4S/c1-13-6-8-18(12-20(13)24)32(30,31)27-17-5-3-4-15(10-17)22(29)26-16-7-9-19(23)21(11-16)25-14(2)28/h3-12,27H,1-2H3,(H,25,28)(H,26,29). The predicted molar refractivity (Wildman–Crippen MR) is 117 cm³/mol. The number of carbonyl (C=O) groups is 2. The van der Waals surface area contributed by atoms with E-state index in [9.17, 15) is 26.8 Å². The van der Waals surface area contributed by atoms with E-state index < -0.39 is 33.5 Å². The summed E-state index contributed by atoms with van der Waals surface area (Å²) in [5, 5.41) is 4.87. The lowest BCUT2D eigenvalue weighted by Gasteiger charge is -2.11. The van der Waals surface area contributed by atoms with Crippen molar-refractivity contribution in [3.05, 3.63) is 83.4 Å². The third-order valence-corrected chi connectivity index (χ3v) is 5.74. The Morgan fingerprint density at radius 2 is 1.59 bits per heavy atom. The second kappa shape index (κ2) is 9.15. The summed E-state index contributed by atoms with van der Waals surface area (Å²) in [5.41, 5.74) is 0.649. The summed E-state index contributed by atoms with van der Waals surface area (Å²) in [6, 6.07) is 12.9. The summed E-state index contributed by atoms with van der Waals surface area (Å²) in [4.78, 5) is 23.5. The summed E-state index contributed by atoms with van der Waals surface area (Å²) in [6.07, 6.45) is 0. The highest BCUT2D eigenvalue weighted by atomic mass is 32.2. The van der Waals surface area contributed by atoms with E-state index in [1.165, 1.54) is 62.4 Å². The Bertz CT molecular complexity index is 1310. The van der Waals surface area contributed by atoms with Crippen LogP contribution in [0.15, 0.2) is 65.6 Å². The van der Waals surface area contributed by atoms with Crippen LogP contribution in [0.2, 0.25) is 0 Å². The van der Waals surface area contributed by atoms with Crippen molar-refractivity contribution in [1.82, 2.24) is 0 Å². The van der Waals surface area contributed by atoms with E-state index >= 15 is 0 Å². The van der Waals surface area contributed by atoms with E-state index in [0.29, 0.717) is 5.56 Å². The molecule has 0 atom stereocenters. The van der Waals surface area contributed by atoms with Gasteiger partial charge in [0.25, 0.3) is 15.9 Å². The van der Waals surface area contributed by atoms with Crippen molar-refractivity contribution in [2.24, 2.45) is 0 Å². The molecule has 0 saturated carbocycles. The number of hydrogen-bond donors (Lipinski definition) is 3. The fraction of sp³-hybridized carbons (Fsp3) is 0.0909. The summed E-state index contributed by atoms with van der Waals surface area (Å²) < 4.78 is 54.9. The minimum absolute atomic E-state index is 0.0941. The molecule has 0 aromatic heterocycles. The molecule has 0 aliphatic heterocycles.